The number of aliphatic hydroxyl groups excluding tert-OH is 1. The van der Waals surface area contributed by atoms with Crippen LogP contribution in [0.2, 0.25) is 0 Å². The minimum absolute atomic E-state index is 0.144. The number of phosphoric ester groups is 1. The molecule has 8 nitrogen and oxygen atoms in total. The summed E-state index contributed by atoms with van der Waals surface area (Å²) >= 11 is 0. The molecule has 3 aromatic rings. The van der Waals surface area contributed by atoms with Crippen molar-refractivity contribution in [1.82, 2.24) is 0 Å². The smallest absolute Gasteiger partial charge is 0.459 e. The molecular formula is C33H41NO7P+. The van der Waals surface area contributed by atoms with Crippen LogP contribution in [0.4, 0.5) is 0 Å². The quantitative estimate of drug-likeness (QED) is 0.186. The third kappa shape index (κ3) is 6.11. The summed E-state index contributed by atoms with van der Waals surface area (Å²) in [5.74, 6) is -0.693. The molecule has 0 saturated carbocycles. The monoisotopic (exact) mass is 594 g/mol. The Hall–Kier alpha value is -2.84. The van der Waals surface area contributed by atoms with Gasteiger partial charge in [0.1, 0.15) is 6.10 Å². The van der Waals surface area contributed by atoms with Crippen LogP contribution in [-0.4, -0.2) is 58.8 Å². The number of piperidine rings is 1. The molecule has 3 fully saturated rings. The van der Waals surface area contributed by atoms with E-state index in [2.05, 4.69) is 0 Å². The molecule has 6 rings (SSSR count). The Morgan fingerprint density at radius 1 is 0.833 bits per heavy atom. The first-order valence-electron chi connectivity index (χ1n) is 14.8. The fourth-order valence-corrected chi connectivity index (χ4v) is 8.36. The average Bonchev–Trinajstić information content (AvgIpc) is 3.58. The number of hydrogen-bond acceptors (Lipinski definition) is 6. The Balaban J connectivity index is 0.00000173. The minimum Gasteiger partial charge on any atom is -0.459 e. The number of carbonyl (C=O) groups excluding carboxylic acids is 1. The van der Waals surface area contributed by atoms with Crippen molar-refractivity contribution in [1.29, 1.82) is 0 Å². The summed E-state index contributed by atoms with van der Waals surface area (Å²) in [7, 11) is -3.76. The maximum Gasteiger partial charge on any atom is 0.474 e. The number of rotatable bonds is 9. The lowest BCUT2D eigenvalue weighted by molar-refractivity contribution is -0.956. The van der Waals surface area contributed by atoms with Gasteiger partial charge < -0.3 is 19.2 Å². The Bertz CT molecular complexity index is 1290. The molecule has 3 aromatic carbocycles. The molecule has 9 heteroatoms. The van der Waals surface area contributed by atoms with Gasteiger partial charge in [-0.3, -0.25) is 9.05 Å². The maximum atomic E-state index is 14.4. The maximum absolute atomic E-state index is 14.4. The molecule has 0 aliphatic carbocycles. The average molecular weight is 595 g/mol. The number of carbonyl (C=O) groups is 1. The Morgan fingerprint density at radius 3 is 1.81 bits per heavy atom. The van der Waals surface area contributed by atoms with Crippen LogP contribution in [0.1, 0.15) is 55.2 Å². The number of esters is 1. The fourth-order valence-electron chi connectivity index (χ4n) is 7.36. The second-order valence-corrected chi connectivity index (χ2v) is 12.8. The number of benzene rings is 3. The molecule has 3 aliphatic rings. The van der Waals surface area contributed by atoms with E-state index in [-0.39, 0.29) is 12.7 Å². The predicted molar refractivity (Wildman–Crippen MR) is 159 cm³/mol. The second kappa shape index (κ2) is 13.2. The predicted octanol–water partition coefficient (Wildman–Crippen LogP) is 5.72. The molecule has 0 amide bonds. The van der Waals surface area contributed by atoms with E-state index in [9.17, 15) is 14.3 Å². The summed E-state index contributed by atoms with van der Waals surface area (Å²) in [4.78, 5) is 25.4. The van der Waals surface area contributed by atoms with Crippen molar-refractivity contribution in [3.63, 3.8) is 0 Å². The van der Waals surface area contributed by atoms with Crippen LogP contribution in [0.15, 0.2) is 91.0 Å². The fraction of sp³-hybridized carbons (Fsp3) is 0.424. The van der Waals surface area contributed by atoms with E-state index in [4.69, 9.17) is 18.9 Å². The summed E-state index contributed by atoms with van der Waals surface area (Å²) in [6, 6.07) is 27.7. The molecule has 3 unspecified atom stereocenters. The van der Waals surface area contributed by atoms with Gasteiger partial charge in [-0.1, -0.05) is 91.0 Å². The molecule has 1 spiro atoms. The van der Waals surface area contributed by atoms with Gasteiger partial charge in [-0.2, -0.15) is 0 Å². The zero-order chi connectivity index (χ0) is 29.6. The highest BCUT2D eigenvalue weighted by Gasteiger charge is 2.57. The Morgan fingerprint density at radius 2 is 1.31 bits per heavy atom. The Labute approximate surface area is 248 Å². The van der Waals surface area contributed by atoms with Crippen molar-refractivity contribution in [2.24, 2.45) is 0 Å². The number of ether oxygens (including phenoxy) is 1. The van der Waals surface area contributed by atoms with Crippen LogP contribution in [0.5, 0.6) is 0 Å². The normalized spacial score (nSPS) is 23.9. The highest BCUT2D eigenvalue weighted by Crippen LogP contribution is 2.54. The van der Waals surface area contributed by atoms with Gasteiger partial charge in [0, 0.05) is 56.8 Å². The van der Waals surface area contributed by atoms with Gasteiger partial charge in [-0.25, -0.2) is 9.36 Å². The molecule has 224 valence electrons. The first kappa shape index (κ1) is 30.6. The topological polar surface area (TPSA) is 102 Å². The standard InChI is InChI=1S/C32H36NO6P.CH4O/c34-31(38-30-22-28-18-19-29(23-30)33(28)20-10-11-21-33)32(26-14-6-2-7-15-26,27-16-8-3-9-17-27)39-40(35,36)37-24-25-12-4-1-5-13-25;1-2/h1-9,12-17,28-30H,10-11,18-24H2;2H,1H3/p+1. The third-order valence-electron chi connectivity index (χ3n) is 9.17. The third-order valence-corrected chi connectivity index (χ3v) is 10.1. The minimum atomic E-state index is -4.76. The van der Waals surface area contributed by atoms with Crippen LogP contribution in [0.25, 0.3) is 0 Å². The number of quaternary nitrogens is 1. The van der Waals surface area contributed by atoms with Crippen molar-refractivity contribution in [2.45, 2.75) is 68.9 Å². The van der Waals surface area contributed by atoms with E-state index >= 15 is 0 Å². The van der Waals surface area contributed by atoms with E-state index in [0.717, 1.165) is 32.8 Å². The molecular weight excluding hydrogens is 553 g/mol. The lowest BCUT2D eigenvalue weighted by atomic mass is 9.86. The van der Waals surface area contributed by atoms with Crippen molar-refractivity contribution < 1.29 is 37.6 Å². The van der Waals surface area contributed by atoms with E-state index < -0.39 is 19.4 Å². The summed E-state index contributed by atoms with van der Waals surface area (Å²) in [5, 5.41) is 7.00. The molecule has 2 N–H and O–H groups in total. The SMILES string of the molecule is CO.O=C(OC1CC2CCC(C1)[N+]21CCCC1)C(OP(=O)(O)OCc1ccccc1)(c1ccccc1)c1ccccc1. The van der Waals surface area contributed by atoms with Crippen LogP contribution < -0.4 is 0 Å². The summed E-state index contributed by atoms with van der Waals surface area (Å²) in [6.07, 6.45) is 6.21. The van der Waals surface area contributed by atoms with Crippen molar-refractivity contribution in [3.05, 3.63) is 108 Å². The second-order valence-electron chi connectivity index (χ2n) is 11.4. The van der Waals surface area contributed by atoms with Gasteiger partial charge in [0.2, 0.25) is 5.60 Å². The zero-order valence-corrected chi connectivity index (χ0v) is 25.0. The summed E-state index contributed by atoms with van der Waals surface area (Å²) < 4.78 is 32.4. The molecule has 0 aromatic heterocycles. The number of aliphatic hydroxyl groups is 1. The van der Waals surface area contributed by atoms with Gasteiger partial charge in [0.05, 0.1) is 31.8 Å². The first-order chi connectivity index (χ1) is 20.4. The lowest BCUT2D eigenvalue weighted by Crippen LogP contribution is -2.60. The highest BCUT2D eigenvalue weighted by molar-refractivity contribution is 7.47. The van der Waals surface area contributed by atoms with E-state index in [1.165, 1.54) is 30.4 Å². The zero-order valence-electron chi connectivity index (χ0n) is 24.1. The number of hydrogen-bond donors (Lipinski definition) is 2. The van der Waals surface area contributed by atoms with Gasteiger partial charge in [-0.05, 0) is 5.56 Å². The van der Waals surface area contributed by atoms with Gasteiger partial charge in [-0.15, -0.1) is 0 Å². The highest BCUT2D eigenvalue weighted by atomic mass is 31.2. The molecule has 2 bridgehead atoms. The molecule has 3 heterocycles. The molecule has 3 saturated heterocycles. The largest absolute Gasteiger partial charge is 0.474 e. The van der Waals surface area contributed by atoms with Gasteiger partial charge >= 0.3 is 13.8 Å². The molecule has 0 radical (unpaired) electrons. The van der Waals surface area contributed by atoms with E-state index in [1.54, 1.807) is 60.7 Å². The number of phosphoric acid groups is 1. The molecule has 3 atom stereocenters. The lowest BCUT2D eigenvalue weighted by Gasteiger charge is -2.47. The van der Waals surface area contributed by atoms with Crippen LogP contribution >= 0.6 is 7.82 Å². The van der Waals surface area contributed by atoms with Gasteiger partial charge in [0.25, 0.3) is 0 Å². The molecule has 42 heavy (non-hydrogen) atoms. The summed E-state index contributed by atoms with van der Waals surface area (Å²) in [5.41, 5.74) is -0.458. The van der Waals surface area contributed by atoms with Crippen LogP contribution in [0.3, 0.4) is 0 Å². The van der Waals surface area contributed by atoms with Crippen molar-refractivity contribution in [3.8, 4) is 0 Å². The van der Waals surface area contributed by atoms with Gasteiger partial charge in [0.15, 0.2) is 0 Å². The van der Waals surface area contributed by atoms with E-state index in [1.807, 2.05) is 30.3 Å². The van der Waals surface area contributed by atoms with E-state index in [0.29, 0.717) is 28.8 Å². The van der Waals surface area contributed by atoms with Crippen molar-refractivity contribution in [2.75, 3.05) is 20.2 Å². The number of nitrogens with zero attached hydrogens (tertiary/aromatic N) is 1. The van der Waals surface area contributed by atoms with Crippen molar-refractivity contribution >= 4 is 13.8 Å². The molecule has 3 aliphatic heterocycles. The Kier molecular flexibility index (Phi) is 9.63. The van der Waals surface area contributed by atoms with Crippen LogP contribution in [0, 0.1) is 0 Å². The first-order valence-corrected chi connectivity index (χ1v) is 16.3. The van der Waals surface area contributed by atoms with Crippen LogP contribution in [-0.2, 0) is 35.4 Å². The summed E-state index contributed by atoms with van der Waals surface area (Å²) in [6.45, 7) is 2.31.